The van der Waals surface area contributed by atoms with Gasteiger partial charge in [0.25, 0.3) is 5.91 Å². The number of nitrogens with one attached hydrogen (secondary N) is 1. The lowest BCUT2D eigenvalue weighted by Crippen LogP contribution is -2.43. The molecule has 0 aliphatic heterocycles. The molecule has 0 spiro atoms. The lowest BCUT2D eigenvalue weighted by Gasteiger charge is -2.16. The van der Waals surface area contributed by atoms with E-state index in [1.165, 1.54) is 0 Å². The molecule has 1 aromatic heterocycles. The molecule has 2 N–H and O–H groups in total. The fourth-order valence-electron chi connectivity index (χ4n) is 1.26. The number of amides is 1. The maximum Gasteiger partial charge on any atom is 0.391 e. The highest BCUT2D eigenvalue weighted by Crippen LogP contribution is 2.22. The summed E-state index contributed by atoms with van der Waals surface area (Å²) in [6, 6.07) is -0.349. The summed E-state index contributed by atoms with van der Waals surface area (Å²) in [6.07, 6.45) is -6.25. The fraction of sp³-hybridized carbons (Fsp3) is 0.400. The Labute approximate surface area is 104 Å². The molecule has 1 heterocycles. The molecule has 1 amide bonds. The van der Waals surface area contributed by atoms with Crippen LogP contribution in [0.3, 0.4) is 0 Å². The third kappa shape index (κ3) is 4.02. The second-order valence-corrected chi connectivity index (χ2v) is 4.53. The number of aliphatic carboxylic acids is 1. The first kappa shape index (κ1) is 14.5. The van der Waals surface area contributed by atoms with Crippen molar-refractivity contribution in [2.75, 3.05) is 0 Å². The minimum absolute atomic E-state index is 0.212. The van der Waals surface area contributed by atoms with Crippen molar-refractivity contribution in [3.8, 4) is 0 Å². The number of aryl methyl sites for hydroxylation is 1. The van der Waals surface area contributed by atoms with E-state index in [1.807, 2.05) is 5.32 Å². The van der Waals surface area contributed by atoms with Crippen LogP contribution in [0.15, 0.2) is 11.4 Å². The van der Waals surface area contributed by atoms with Gasteiger partial charge in [-0.1, -0.05) is 0 Å². The number of rotatable bonds is 4. The van der Waals surface area contributed by atoms with Crippen molar-refractivity contribution >= 4 is 23.2 Å². The van der Waals surface area contributed by atoms with E-state index in [1.54, 1.807) is 18.4 Å². The van der Waals surface area contributed by atoms with Gasteiger partial charge < -0.3 is 10.4 Å². The average molecular weight is 281 g/mol. The molecule has 0 saturated carbocycles. The summed E-state index contributed by atoms with van der Waals surface area (Å²) in [6.45, 7) is 1.62. The van der Waals surface area contributed by atoms with Crippen molar-refractivity contribution in [1.29, 1.82) is 0 Å². The van der Waals surface area contributed by atoms with Crippen molar-refractivity contribution in [2.24, 2.45) is 0 Å². The van der Waals surface area contributed by atoms with E-state index in [-0.39, 0.29) is 4.88 Å². The Morgan fingerprint density at radius 3 is 2.50 bits per heavy atom. The van der Waals surface area contributed by atoms with Crippen LogP contribution in [0.25, 0.3) is 0 Å². The van der Waals surface area contributed by atoms with Crippen molar-refractivity contribution in [3.63, 3.8) is 0 Å². The molecule has 0 aliphatic carbocycles. The molecule has 100 valence electrons. The molecule has 8 heteroatoms. The second kappa shape index (κ2) is 5.38. The summed E-state index contributed by atoms with van der Waals surface area (Å²) in [7, 11) is 0. The molecular weight excluding hydrogens is 271 g/mol. The van der Waals surface area contributed by atoms with Crippen LogP contribution in [-0.4, -0.2) is 29.2 Å². The number of thiophene rings is 1. The minimum atomic E-state index is -4.65. The molecule has 0 radical (unpaired) electrons. The van der Waals surface area contributed by atoms with Gasteiger partial charge in [-0.05, 0) is 23.9 Å². The maximum absolute atomic E-state index is 12.1. The highest BCUT2D eigenvalue weighted by Gasteiger charge is 2.36. The van der Waals surface area contributed by atoms with Gasteiger partial charge >= 0.3 is 12.1 Å². The van der Waals surface area contributed by atoms with Crippen LogP contribution in [0.1, 0.15) is 21.7 Å². The van der Waals surface area contributed by atoms with Crippen molar-refractivity contribution < 1.29 is 27.9 Å². The van der Waals surface area contributed by atoms with E-state index < -0.39 is 30.5 Å². The maximum atomic E-state index is 12.1. The number of hydrogen-bond acceptors (Lipinski definition) is 3. The quantitative estimate of drug-likeness (QED) is 0.889. The number of carboxylic acids is 1. The molecule has 1 rings (SSSR count). The van der Waals surface area contributed by atoms with E-state index >= 15 is 0 Å². The molecular formula is C10H10F3NO3S. The zero-order valence-electron chi connectivity index (χ0n) is 9.25. The predicted octanol–water partition coefficient (Wildman–Crippen LogP) is 2.19. The largest absolute Gasteiger partial charge is 0.480 e. The molecule has 18 heavy (non-hydrogen) atoms. The van der Waals surface area contributed by atoms with Gasteiger partial charge in [-0.2, -0.15) is 13.2 Å². The smallest absolute Gasteiger partial charge is 0.391 e. The molecule has 0 bridgehead atoms. The highest BCUT2D eigenvalue weighted by molar-refractivity contribution is 7.12. The Hall–Kier alpha value is -1.57. The standard InChI is InChI=1S/C10H10F3NO3S/c1-5-2-3-18-7(5)8(15)14-6(9(16)17)4-10(11,12)13/h2-3,6H,4H2,1H3,(H,14,15)(H,16,17). The van der Waals surface area contributed by atoms with Gasteiger partial charge in [0, 0.05) is 0 Å². The van der Waals surface area contributed by atoms with Gasteiger partial charge in [-0.25, -0.2) is 4.79 Å². The first-order valence-corrected chi connectivity index (χ1v) is 5.73. The first-order valence-electron chi connectivity index (χ1n) is 4.85. The highest BCUT2D eigenvalue weighted by atomic mass is 32.1. The van der Waals surface area contributed by atoms with E-state index in [2.05, 4.69) is 0 Å². The third-order valence-corrected chi connectivity index (χ3v) is 3.12. The Morgan fingerprint density at radius 1 is 1.50 bits per heavy atom. The van der Waals surface area contributed by atoms with Crippen molar-refractivity contribution in [1.82, 2.24) is 5.32 Å². The number of carbonyl (C=O) groups excluding carboxylic acids is 1. The van der Waals surface area contributed by atoms with Gasteiger partial charge in [-0.3, -0.25) is 4.79 Å². The van der Waals surface area contributed by atoms with Gasteiger partial charge in [-0.15, -0.1) is 11.3 Å². The number of halogens is 3. The summed E-state index contributed by atoms with van der Waals surface area (Å²) in [5.74, 6) is -2.52. The van der Waals surface area contributed by atoms with E-state index in [4.69, 9.17) is 5.11 Å². The van der Waals surface area contributed by atoms with E-state index in [9.17, 15) is 22.8 Å². The lowest BCUT2D eigenvalue weighted by atomic mass is 10.2. The molecule has 0 aliphatic rings. The third-order valence-electron chi connectivity index (χ3n) is 2.11. The van der Waals surface area contributed by atoms with Crippen LogP contribution < -0.4 is 5.32 Å². The second-order valence-electron chi connectivity index (χ2n) is 3.62. The lowest BCUT2D eigenvalue weighted by molar-refractivity contribution is -0.157. The van der Waals surface area contributed by atoms with E-state index in [0.717, 1.165) is 11.3 Å². The van der Waals surface area contributed by atoms with Crippen LogP contribution >= 0.6 is 11.3 Å². The SMILES string of the molecule is Cc1ccsc1C(=O)NC(CC(F)(F)F)C(=O)O. The predicted molar refractivity (Wildman–Crippen MR) is 58.6 cm³/mol. The summed E-state index contributed by atoms with van der Waals surface area (Å²) in [4.78, 5) is 22.5. The number of alkyl halides is 3. The average Bonchev–Trinajstić information content (AvgIpc) is 2.61. The molecule has 1 aromatic rings. The first-order chi connectivity index (χ1) is 8.20. The monoisotopic (exact) mass is 281 g/mol. The van der Waals surface area contributed by atoms with Crippen LogP contribution in [0.4, 0.5) is 13.2 Å². The molecule has 4 nitrogen and oxygen atoms in total. The molecule has 0 saturated heterocycles. The summed E-state index contributed by atoms with van der Waals surface area (Å²) in [5.41, 5.74) is 0.591. The van der Waals surface area contributed by atoms with Gasteiger partial charge in [0.15, 0.2) is 0 Å². The number of carboxylic acid groups (broad SMARTS) is 1. The molecule has 1 atom stereocenters. The van der Waals surface area contributed by atoms with E-state index in [0.29, 0.717) is 5.56 Å². The molecule has 1 unspecified atom stereocenters. The zero-order chi connectivity index (χ0) is 13.9. The van der Waals surface area contributed by atoms with Crippen molar-refractivity contribution in [2.45, 2.75) is 25.6 Å². The molecule has 0 aromatic carbocycles. The Morgan fingerprint density at radius 2 is 2.11 bits per heavy atom. The van der Waals surface area contributed by atoms with Crippen molar-refractivity contribution in [3.05, 3.63) is 21.9 Å². The minimum Gasteiger partial charge on any atom is -0.480 e. The van der Waals surface area contributed by atoms with Gasteiger partial charge in [0.05, 0.1) is 11.3 Å². The normalized spacial score (nSPS) is 13.1. The zero-order valence-corrected chi connectivity index (χ0v) is 10.1. The summed E-state index contributed by atoms with van der Waals surface area (Å²) in [5, 5.41) is 12.1. The number of carbonyl (C=O) groups is 2. The van der Waals surface area contributed by atoms with Crippen LogP contribution in [0.2, 0.25) is 0 Å². The summed E-state index contributed by atoms with van der Waals surface area (Å²) < 4.78 is 36.4. The summed E-state index contributed by atoms with van der Waals surface area (Å²) >= 11 is 1.04. The van der Waals surface area contributed by atoms with Crippen LogP contribution in [0, 0.1) is 6.92 Å². The van der Waals surface area contributed by atoms with Gasteiger partial charge in [0.2, 0.25) is 0 Å². The Bertz CT molecular complexity index is 455. The van der Waals surface area contributed by atoms with Gasteiger partial charge in [0.1, 0.15) is 6.04 Å². The van der Waals surface area contributed by atoms with Crippen LogP contribution in [0.5, 0.6) is 0 Å². The Balaban J connectivity index is 2.76. The Kier molecular flexibility index (Phi) is 4.33. The molecule has 0 fully saturated rings. The van der Waals surface area contributed by atoms with Crippen LogP contribution in [-0.2, 0) is 4.79 Å². The number of hydrogen-bond donors (Lipinski definition) is 2. The topological polar surface area (TPSA) is 66.4 Å². The fourth-order valence-corrected chi connectivity index (χ4v) is 2.09.